The van der Waals surface area contributed by atoms with Gasteiger partial charge in [-0.15, -0.1) is 11.3 Å². The lowest BCUT2D eigenvalue weighted by molar-refractivity contribution is -0.138. The van der Waals surface area contributed by atoms with Crippen LogP contribution in [0.25, 0.3) is 10.2 Å². The van der Waals surface area contributed by atoms with Crippen LogP contribution >= 0.6 is 11.3 Å². The molecule has 144 valence electrons. The number of likely N-dealkylation sites (N-methyl/N-ethyl adjacent to an activating group) is 1. The molecule has 0 amide bonds. The van der Waals surface area contributed by atoms with E-state index in [1.165, 1.54) is 23.5 Å². The molecule has 1 aromatic carbocycles. The predicted octanol–water partition coefficient (Wildman–Crippen LogP) is 4.30. The molecule has 0 atom stereocenters. The summed E-state index contributed by atoms with van der Waals surface area (Å²) in [5.74, 6) is 0.980. The lowest BCUT2D eigenvalue weighted by Gasteiger charge is -2.15. The summed E-state index contributed by atoms with van der Waals surface area (Å²) in [4.78, 5) is 10.9. The van der Waals surface area contributed by atoms with Gasteiger partial charge in [0.05, 0.1) is 15.8 Å². The lowest BCUT2D eigenvalue weighted by atomic mass is 10.1. The second-order valence-electron chi connectivity index (χ2n) is 6.27. The quantitative estimate of drug-likeness (QED) is 0.625. The third-order valence-electron chi connectivity index (χ3n) is 3.91. The van der Waals surface area contributed by atoms with E-state index in [4.69, 9.17) is 0 Å². The SMILES string of the molecule is CN(C)CCNc1nc(NCc2ccccc2C(F)(F)F)c2sccc2n1. The molecule has 2 heterocycles. The lowest BCUT2D eigenvalue weighted by Crippen LogP contribution is -2.21. The number of thiophene rings is 1. The van der Waals surface area contributed by atoms with Crippen LogP contribution < -0.4 is 10.6 Å². The number of hydrogen-bond acceptors (Lipinski definition) is 6. The van der Waals surface area contributed by atoms with Gasteiger partial charge in [-0.2, -0.15) is 18.2 Å². The summed E-state index contributed by atoms with van der Waals surface area (Å²) in [6.45, 7) is 1.50. The van der Waals surface area contributed by atoms with E-state index in [1.54, 1.807) is 6.07 Å². The number of benzene rings is 1. The number of halogens is 3. The molecule has 0 spiro atoms. The van der Waals surface area contributed by atoms with Gasteiger partial charge >= 0.3 is 6.18 Å². The van der Waals surface area contributed by atoms with Crippen molar-refractivity contribution in [3.8, 4) is 0 Å². The van der Waals surface area contributed by atoms with Crippen molar-refractivity contribution in [3.63, 3.8) is 0 Å². The molecular formula is C18H20F3N5S. The first-order chi connectivity index (χ1) is 12.8. The zero-order chi connectivity index (χ0) is 19.4. The molecule has 0 aliphatic carbocycles. The Hall–Kier alpha value is -2.39. The predicted molar refractivity (Wildman–Crippen MR) is 103 cm³/mol. The van der Waals surface area contributed by atoms with E-state index in [0.29, 0.717) is 18.3 Å². The molecule has 3 rings (SSSR count). The Morgan fingerprint density at radius 2 is 1.85 bits per heavy atom. The molecular weight excluding hydrogens is 375 g/mol. The standard InChI is InChI=1S/C18H20F3N5S/c1-26(2)9-8-22-17-24-14-7-10-27-15(14)16(25-17)23-11-12-5-3-4-6-13(12)18(19,20)21/h3-7,10H,8-9,11H2,1-2H3,(H2,22,23,24,25). The summed E-state index contributed by atoms with van der Waals surface area (Å²) in [6, 6.07) is 7.42. The van der Waals surface area contributed by atoms with Crippen molar-refractivity contribution in [3.05, 3.63) is 46.8 Å². The minimum absolute atomic E-state index is 0.0246. The molecule has 3 aromatic rings. The highest BCUT2D eigenvalue weighted by molar-refractivity contribution is 7.17. The third kappa shape index (κ3) is 4.86. The molecule has 2 aromatic heterocycles. The van der Waals surface area contributed by atoms with Gasteiger partial charge in [0.25, 0.3) is 0 Å². The zero-order valence-electron chi connectivity index (χ0n) is 15.0. The Morgan fingerprint density at radius 1 is 1.07 bits per heavy atom. The molecule has 0 saturated heterocycles. The van der Waals surface area contributed by atoms with Gasteiger partial charge in [0.2, 0.25) is 5.95 Å². The Labute approximate surface area is 159 Å². The van der Waals surface area contributed by atoms with Crippen LogP contribution in [0.2, 0.25) is 0 Å². The van der Waals surface area contributed by atoms with E-state index in [2.05, 4.69) is 20.6 Å². The fraction of sp³-hybridized carbons (Fsp3) is 0.333. The molecule has 0 unspecified atom stereocenters. The molecule has 0 fully saturated rings. The van der Waals surface area contributed by atoms with E-state index >= 15 is 0 Å². The second kappa shape index (κ2) is 8.10. The number of aromatic nitrogens is 2. The highest BCUT2D eigenvalue weighted by Gasteiger charge is 2.32. The van der Waals surface area contributed by atoms with Gasteiger partial charge in [-0.25, -0.2) is 4.98 Å². The van der Waals surface area contributed by atoms with Crippen LogP contribution in [0.4, 0.5) is 24.9 Å². The second-order valence-corrected chi connectivity index (χ2v) is 7.19. The summed E-state index contributed by atoms with van der Waals surface area (Å²) < 4.78 is 40.4. The molecule has 0 radical (unpaired) electrons. The summed E-state index contributed by atoms with van der Waals surface area (Å²) in [5.41, 5.74) is 0.294. The molecule has 0 bridgehead atoms. The van der Waals surface area contributed by atoms with Crippen molar-refractivity contribution in [1.82, 2.24) is 14.9 Å². The number of fused-ring (bicyclic) bond motifs is 1. The number of hydrogen-bond donors (Lipinski definition) is 2. The van der Waals surface area contributed by atoms with Gasteiger partial charge < -0.3 is 15.5 Å². The summed E-state index contributed by atoms with van der Waals surface area (Å²) in [7, 11) is 3.94. The normalized spacial score (nSPS) is 11.9. The van der Waals surface area contributed by atoms with E-state index < -0.39 is 11.7 Å². The molecule has 0 aliphatic rings. The molecule has 0 aliphatic heterocycles. The molecule has 2 N–H and O–H groups in total. The maximum absolute atomic E-state index is 13.2. The van der Waals surface area contributed by atoms with Crippen molar-refractivity contribution in [2.45, 2.75) is 12.7 Å². The molecule has 5 nitrogen and oxygen atoms in total. The van der Waals surface area contributed by atoms with E-state index in [0.717, 1.165) is 22.8 Å². The molecule has 27 heavy (non-hydrogen) atoms. The third-order valence-corrected chi connectivity index (χ3v) is 4.83. The van der Waals surface area contributed by atoms with Gasteiger partial charge in [-0.3, -0.25) is 0 Å². The van der Waals surface area contributed by atoms with Gasteiger partial charge in [0.1, 0.15) is 5.82 Å². The first-order valence-corrected chi connectivity index (χ1v) is 9.25. The van der Waals surface area contributed by atoms with Gasteiger partial charge in [-0.05, 0) is 37.2 Å². The van der Waals surface area contributed by atoms with Crippen LogP contribution in [0.1, 0.15) is 11.1 Å². The number of nitrogens with one attached hydrogen (secondary N) is 2. The van der Waals surface area contributed by atoms with Crippen LogP contribution in [0.5, 0.6) is 0 Å². The minimum Gasteiger partial charge on any atom is -0.365 e. The highest BCUT2D eigenvalue weighted by atomic mass is 32.1. The van der Waals surface area contributed by atoms with Crippen LogP contribution in [-0.4, -0.2) is 42.1 Å². The summed E-state index contributed by atoms with van der Waals surface area (Å²) >= 11 is 1.45. The average Bonchev–Trinajstić information content (AvgIpc) is 3.07. The van der Waals surface area contributed by atoms with E-state index in [1.807, 2.05) is 30.4 Å². The van der Waals surface area contributed by atoms with Crippen molar-refractivity contribution < 1.29 is 13.2 Å². The Bertz CT molecular complexity index is 907. The van der Waals surface area contributed by atoms with E-state index in [-0.39, 0.29) is 12.1 Å². The maximum Gasteiger partial charge on any atom is 0.416 e. The van der Waals surface area contributed by atoms with Crippen LogP contribution in [0.3, 0.4) is 0 Å². The summed E-state index contributed by atoms with van der Waals surface area (Å²) in [5, 5.41) is 8.09. The van der Waals surface area contributed by atoms with Gasteiger partial charge in [-0.1, -0.05) is 18.2 Å². The van der Waals surface area contributed by atoms with Crippen LogP contribution in [0.15, 0.2) is 35.7 Å². The van der Waals surface area contributed by atoms with Crippen molar-refractivity contribution in [2.75, 3.05) is 37.8 Å². The van der Waals surface area contributed by atoms with Gasteiger partial charge in [0.15, 0.2) is 0 Å². The largest absolute Gasteiger partial charge is 0.416 e. The average molecular weight is 395 g/mol. The first-order valence-electron chi connectivity index (χ1n) is 8.37. The van der Waals surface area contributed by atoms with E-state index in [9.17, 15) is 13.2 Å². The monoisotopic (exact) mass is 395 g/mol. The Balaban J connectivity index is 1.82. The topological polar surface area (TPSA) is 53.1 Å². The minimum atomic E-state index is -4.39. The zero-order valence-corrected chi connectivity index (χ0v) is 15.8. The fourth-order valence-electron chi connectivity index (χ4n) is 2.58. The summed E-state index contributed by atoms with van der Waals surface area (Å²) in [6.07, 6.45) is -4.39. The van der Waals surface area contributed by atoms with Crippen LogP contribution in [0, 0.1) is 0 Å². The van der Waals surface area contributed by atoms with Crippen molar-refractivity contribution in [1.29, 1.82) is 0 Å². The Morgan fingerprint density at radius 3 is 2.59 bits per heavy atom. The van der Waals surface area contributed by atoms with Gasteiger partial charge in [0, 0.05) is 19.6 Å². The number of rotatable bonds is 7. The number of alkyl halides is 3. The van der Waals surface area contributed by atoms with Crippen LogP contribution in [-0.2, 0) is 12.7 Å². The molecule has 9 heteroatoms. The Kier molecular flexibility index (Phi) is 5.81. The van der Waals surface area contributed by atoms with Crippen molar-refractivity contribution in [2.24, 2.45) is 0 Å². The fourth-order valence-corrected chi connectivity index (χ4v) is 3.38. The number of nitrogens with zero attached hydrogens (tertiary/aromatic N) is 3. The molecule has 0 saturated carbocycles. The highest BCUT2D eigenvalue weighted by Crippen LogP contribution is 2.33. The smallest absolute Gasteiger partial charge is 0.365 e. The number of anilines is 2. The maximum atomic E-state index is 13.2. The van der Waals surface area contributed by atoms with Crippen molar-refractivity contribution >= 4 is 33.3 Å². The first kappa shape index (κ1) is 19.4.